The van der Waals surface area contributed by atoms with Crippen LogP contribution in [0.1, 0.15) is 25.7 Å². The largest absolute Gasteiger partial charge is 0.396 e. The van der Waals surface area contributed by atoms with E-state index in [1.807, 2.05) is 0 Å². The first kappa shape index (κ1) is 11.1. The fraction of sp³-hybridized carbons (Fsp3) is 0.636. The molecule has 0 bridgehead atoms. The SMILES string of the molecule is O=c1cc(N2CCCC2CCCO)nc[nH]1. The second-order valence-electron chi connectivity index (χ2n) is 4.12. The number of hydrogen-bond acceptors (Lipinski definition) is 4. The van der Waals surface area contributed by atoms with Gasteiger partial charge in [-0.05, 0) is 25.7 Å². The molecule has 1 aliphatic rings. The van der Waals surface area contributed by atoms with Gasteiger partial charge in [-0.2, -0.15) is 0 Å². The highest BCUT2D eigenvalue weighted by Gasteiger charge is 2.25. The smallest absolute Gasteiger partial charge is 0.252 e. The average Bonchev–Trinajstić information content (AvgIpc) is 2.74. The van der Waals surface area contributed by atoms with Gasteiger partial charge >= 0.3 is 0 Å². The van der Waals surface area contributed by atoms with Crippen molar-refractivity contribution in [2.45, 2.75) is 31.7 Å². The molecule has 2 rings (SSSR count). The normalized spacial score (nSPS) is 20.3. The topological polar surface area (TPSA) is 69.2 Å². The van der Waals surface area contributed by atoms with Crippen LogP contribution in [0.25, 0.3) is 0 Å². The van der Waals surface area contributed by atoms with Crippen LogP contribution in [-0.4, -0.2) is 34.3 Å². The molecule has 0 radical (unpaired) electrons. The standard InChI is InChI=1S/C11H17N3O2/c15-6-2-4-9-3-1-5-14(9)10-7-11(16)13-8-12-10/h7-9,15H,1-6H2,(H,12,13,16). The number of anilines is 1. The fourth-order valence-corrected chi connectivity index (χ4v) is 2.28. The number of aliphatic hydroxyl groups excluding tert-OH is 1. The Morgan fingerprint density at radius 2 is 2.50 bits per heavy atom. The molecular weight excluding hydrogens is 206 g/mol. The molecule has 0 amide bonds. The van der Waals surface area contributed by atoms with E-state index in [1.54, 1.807) is 0 Å². The summed E-state index contributed by atoms with van der Waals surface area (Å²) in [5.41, 5.74) is -0.113. The van der Waals surface area contributed by atoms with Crippen LogP contribution in [0, 0.1) is 0 Å². The molecule has 2 N–H and O–H groups in total. The van der Waals surface area contributed by atoms with Gasteiger partial charge in [-0.3, -0.25) is 4.79 Å². The highest BCUT2D eigenvalue weighted by Crippen LogP contribution is 2.25. The van der Waals surface area contributed by atoms with E-state index in [9.17, 15) is 4.79 Å². The van der Waals surface area contributed by atoms with Crippen LogP contribution >= 0.6 is 0 Å². The second kappa shape index (κ2) is 5.12. The molecule has 1 aliphatic heterocycles. The van der Waals surface area contributed by atoms with Gasteiger partial charge in [0.05, 0.1) is 6.33 Å². The number of nitrogens with one attached hydrogen (secondary N) is 1. The van der Waals surface area contributed by atoms with Gasteiger partial charge in [-0.1, -0.05) is 0 Å². The number of H-pyrrole nitrogens is 1. The minimum absolute atomic E-state index is 0.113. The van der Waals surface area contributed by atoms with E-state index in [-0.39, 0.29) is 12.2 Å². The maximum Gasteiger partial charge on any atom is 0.252 e. The van der Waals surface area contributed by atoms with Gasteiger partial charge in [0.15, 0.2) is 0 Å². The van der Waals surface area contributed by atoms with E-state index < -0.39 is 0 Å². The van der Waals surface area contributed by atoms with Crippen LogP contribution in [0.3, 0.4) is 0 Å². The van der Waals surface area contributed by atoms with E-state index in [4.69, 9.17) is 5.11 Å². The predicted octanol–water partition coefficient (Wildman–Crippen LogP) is 0.511. The summed E-state index contributed by atoms with van der Waals surface area (Å²) >= 11 is 0. The first-order valence-electron chi connectivity index (χ1n) is 5.73. The first-order chi connectivity index (χ1) is 7.81. The van der Waals surface area contributed by atoms with Crippen LogP contribution < -0.4 is 10.5 Å². The Morgan fingerprint density at radius 1 is 1.62 bits per heavy atom. The summed E-state index contributed by atoms with van der Waals surface area (Å²) < 4.78 is 0. The second-order valence-corrected chi connectivity index (χ2v) is 4.12. The molecule has 2 heterocycles. The summed E-state index contributed by atoms with van der Waals surface area (Å²) in [6.07, 6.45) is 5.47. The molecule has 1 fully saturated rings. The summed E-state index contributed by atoms with van der Waals surface area (Å²) in [5.74, 6) is 0.754. The Bertz CT molecular complexity index is 391. The maximum atomic E-state index is 11.2. The van der Waals surface area contributed by atoms with E-state index in [0.29, 0.717) is 6.04 Å². The summed E-state index contributed by atoms with van der Waals surface area (Å²) in [6.45, 7) is 1.18. The summed E-state index contributed by atoms with van der Waals surface area (Å²) in [5, 5.41) is 8.84. The number of nitrogens with zero attached hydrogens (tertiary/aromatic N) is 2. The molecule has 1 saturated heterocycles. The van der Waals surface area contributed by atoms with Gasteiger partial charge in [-0.15, -0.1) is 0 Å². The van der Waals surface area contributed by atoms with Crippen LogP contribution in [-0.2, 0) is 0 Å². The van der Waals surface area contributed by atoms with Gasteiger partial charge < -0.3 is 15.0 Å². The molecule has 0 aliphatic carbocycles. The Kier molecular flexibility index (Phi) is 3.56. The van der Waals surface area contributed by atoms with E-state index in [0.717, 1.165) is 38.0 Å². The van der Waals surface area contributed by atoms with Crippen LogP contribution in [0.2, 0.25) is 0 Å². The molecule has 1 aromatic heterocycles. The Balaban J connectivity index is 2.10. The van der Waals surface area contributed by atoms with Gasteiger partial charge in [0.25, 0.3) is 5.56 Å². The lowest BCUT2D eigenvalue weighted by Crippen LogP contribution is -2.31. The third-order valence-corrected chi connectivity index (χ3v) is 3.03. The highest BCUT2D eigenvalue weighted by atomic mass is 16.2. The molecule has 5 nitrogen and oxygen atoms in total. The lowest BCUT2D eigenvalue weighted by Gasteiger charge is -2.25. The van der Waals surface area contributed by atoms with Gasteiger partial charge in [0, 0.05) is 25.3 Å². The monoisotopic (exact) mass is 223 g/mol. The highest BCUT2D eigenvalue weighted by molar-refractivity contribution is 5.39. The van der Waals surface area contributed by atoms with Crippen molar-refractivity contribution in [1.29, 1.82) is 0 Å². The molecule has 1 unspecified atom stereocenters. The zero-order chi connectivity index (χ0) is 11.4. The number of hydrogen-bond donors (Lipinski definition) is 2. The number of aromatic amines is 1. The van der Waals surface area contributed by atoms with Gasteiger partial charge in [0.2, 0.25) is 0 Å². The third kappa shape index (κ3) is 2.41. The first-order valence-corrected chi connectivity index (χ1v) is 5.73. The van der Waals surface area contributed by atoms with Gasteiger partial charge in [0.1, 0.15) is 5.82 Å². The van der Waals surface area contributed by atoms with Crippen molar-refractivity contribution in [2.75, 3.05) is 18.1 Å². The van der Waals surface area contributed by atoms with Crippen molar-refractivity contribution in [3.63, 3.8) is 0 Å². The molecule has 0 spiro atoms. The molecule has 16 heavy (non-hydrogen) atoms. The third-order valence-electron chi connectivity index (χ3n) is 3.03. The minimum atomic E-state index is -0.113. The summed E-state index contributed by atoms with van der Waals surface area (Å²) in [7, 11) is 0. The van der Waals surface area contributed by atoms with Crippen molar-refractivity contribution in [3.8, 4) is 0 Å². The zero-order valence-corrected chi connectivity index (χ0v) is 9.22. The molecule has 1 aromatic rings. The maximum absolute atomic E-state index is 11.2. The molecular formula is C11H17N3O2. The Morgan fingerprint density at radius 3 is 3.25 bits per heavy atom. The Hall–Kier alpha value is -1.36. The zero-order valence-electron chi connectivity index (χ0n) is 9.22. The van der Waals surface area contributed by atoms with Crippen LogP contribution in [0.15, 0.2) is 17.2 Å². The molecule has 5 heteroatoms. The number of aliphatic hydroxyl groups is 1. The summed E-state index contributed by atoms with van der Waals surface area (Å²) in [4.78, 5) is 20.1. The van der Waals surface area contributed by atoms with Crippen molar-refractivity contribution < 1.29 is 5.11 Å². The quantitative estimate of drug-likeness (QED) is 0.780. The summed E-state index contributed by atoms with van der Waals surface area (Å²) in [6, 6.07) is 1.96. The number of aromatic nitrogens is 2. The molecule has 0 saturated carbocycles. The molecule has 1 atom stereocenters. The molecule has 0 aromatic carbocycles. The fourth-order valence-electron chi connectivity index (χ4n) is 2.28. The lowest BCUT2D eigenvalue weighted by molar-refractivity contribution is 0.279. The van der Waals surface area contributed by atoms with Crippen molar-refractivity contribution >= 4 is 5.82 Å². The van der Waals surface area contributed by atoms with E-state index in [1.165, 1.54) is 12.4 Å². The molecule has 88 valence electrons. The average molecular weight is 223 g/mol. The van der Waals surface area contributed by atoms with E-state index in [2.05, 4.69) is 14.9 Å². The van der Waals surface area contributed by atoms with Crippen molar-refractivity contribution in [2.24, 2.45) is 0 Å². The van der Waals surface area contributed by atoms with Crippen molar-refractivity contribution in [1.82, 2.24) is 9.97 Å². The van der Waals surface area contributed by atoms with Crippen LogP contribution in [0.5, 0.6) is 0 Å². The predicted molar refractivity (Wildman–Crippen MR) is 61.5 cm³/mol. The van der Waals surface area contributed by atoms with Crippen molar-refractivity contribution in [3.05, 3.63) is 22.7 Å². The van der Waals surface area contributed by atoms with Crippen LogP contribution in [0.4, 0.5) is 5.82 Å². The van der Waals surface area contributed by atoms with Gasteiger partial charge in [-0.25, -0.2) is 4.98 Å². The Labute approximate surface area is 94.1 Å². The minimum Gasteiger partial charge on any atom is -0.396 e. The number of rotatable bonds is 4. The lowest BCUT2D eigenvalue weighted by atomic mass is 10.1. The van der Waals surface area contributed by atoms with E-state index >= 15 is 0 Å².